The molecule has 25 heavy (non-hydrogen) atoms. The predicted octanol–water partition coefficient (Wildman–Crippen LogP) is 4.16. The Bertz CT molecular complexity index is 929. The second kappa shape index (κ2) is 6.23. The predicted molar refractivity (Wildman–Crippen MR) is 88.2 cm³/mol. The summed E-state index contributed by atoms with van der Waals surface area (Å²) in [6.45, 7) is 3.72. The number of rotatable bonds is 3. The zero-order chi connectivity index (χ0) is 18.2. The monoisotopic (exact) mass is 347 g/mol. The molecular weight excluding hydrogens is 331 g/mol. The van der Waals surface area contributed by atoms with Crippen LogP contribution in [-0.2, 0) is 6.18 Å². The number of carbonyl (C=O) groups is 1. The molecule has 0 aliphatic rings. The molecule has 1 aromatic carbocycles. The van der Waals surface area contributed by atoms with Gasteiger partial charge >= 0.3 is 6.18 Å². The Kier molecular flexibility index (Phi) is 4.24. The number of alkyl halides is 3. The van der Waals surface area contributed by atoms with E-state index in [2.05, 4.69) is 10.3 Å². The number of nitrogens with one attached hydrogen (secondary N) is 1. The van der Waals surface area contributed by atoms with Gasteiger partial charge in [-0.05, 0) is 38.1 Å². The van der Waals surface area contributed by atoms with E-state index in [9.17, 15) is 18.0 Å². The summed E-state index contributed by atoms with van der Waals surface area (Å²) in [4.78, 5) is 16.4. The Labute approximate surface area is 142 Å². The quantitative estimate of drug-likeness (QED) is 0.773. The molecule has 0 spiro atoms. The van der Waals surface area contributed by atoms with Crippen LogP contribution >= 0.6 is 0 Å². The fourth-order valence-corrected chi connectivity index (χ4v) is 2.47. The van der Waals surface area contributed by atoms with Gasteiger partial charge in [-0.2, -0.15) is 13.2 Å². The molecule has 0 saturated carbocycles. The molecule has 4 nitrogen and oxygen atoms in total. The number of imidazole rings is 1. The van der Waals surface area contributed by atoms with E-state index in [0.717, 1.165) is 12.1 Å². The van der Waals surface area contributed by atoms with Gasteiger partial charge in [0.25, 0.3) is 5.91 Å². The number of nitrogens with zero attached hydrogens (tertiary/aromatic N) is 2. The van der Waals surface area contributed by atoms with Gasteiger partial charge in [-0.3, -0.25) is 4.79 Å². The Balaban J connectivity index is 1.98. The van der Waals surface area contributed by atoms with Crippen LogP contribution in [0.2, 0.25) is 0 Å². The van der Waals surface area contributed by atoms with Crippen molar-refractivity contribution in [2.45, 2.75) is 26.1 Å². The maximum atomic E-state index is 12.9. The SMILES string of the molecule is CC(C)NC(=O)c1ccc2nc(-c3cccc(C(F)(F)F)c3)cn2c1. The molecule has 0 saturated heterocycles. The lowest BCUT2D eigenvalue weighted by Gasteiger charge is -2.08. The number of hydrogen-bond donors (Lipinski definition) is 1. The zero-order valence-corrected chi connectivity index (χ0v) is 13.6. The fraction of sp³-hybridized carbons (Fsp3) is 0.222. The summed E-state index contributed by atoms with van der Waals surface area (Å²) in [5.74, 6) is -0.216. The molecule has 3 aromatic rings. The van der Waals surface area contributed by atoms with Gasteiger partial charge in [-0.1, -0.05) is 12.1 Å². The van der Waals surface area contributed by atoms with E-state index in [1.807, 2.05) is 13.8 Å². The van der Waals surface area contributed by atoms with E-state index in [4.69, 9.17) is 0 Å². The third-order valence-electron chi connectivity index (χ3n) is 3.62. The molecule has 0 bridgehead atoms. The standard InChI is InChI=1S/C18H16F3N3O/c1-11(2)22-17(25)13-6-7-16-23-15(10-24(16)9-13)12-4-3-5-14(8-12)18(19,20)21/h3-11H,1-2H3,(H,22,25). The number of halogens is 3. The summed E-state index contributed by atoms with van der Waals surface area (Å²) in [5.41, 5.74) is 1.06. The Morgan fingerprint density at radius 3 is 2.60 bits per heavy atom. The molecule has 0 aliphatic carbocycles. The molecule has 0 unspecified atom stereocenters. The highest BCUT2D eigenvalue weighted by Crippen LogP contribution is 2.32. The highest BCUT2D eigenvalue weighted by molar-refractivity contribution is 5.94. The highest BCUT2D eigenvalue weighted by Gasteiger charge is 2.30. The van der Waals surface area contributed by atoms with Gasteiger partial charge in [-0.25, -0.2) is 4.98 Å². The first-order chi connectivity index (χ1) is 11.7. The van der Waals surface area contributed by atoms with E-state index < -0.39 is 11.7 Å². The summed E-state index contributed by atoms with van der Waals surface area (Å²) in [7, 11) is 0. The van der Waals surface area contributed by atoms with Gasteiger partial charge in [0.05, 0.1) is 16.8 Å². The van der Waals surface area contributed by atoms with Crippen molar-refractivity contribution in [3.63, 3.8) is 0 Å². The Morgan fingerprint density at radius 2 is 1.92 bits per heavy atom. The zero-order valence-electron chi connectivity index (χ0n) is 13.6. The van der Waals surface area contributed by atoms with Crippen LogP contribution in [0.4, 0.5) is 13.2 Å². The van der Waals surface area contributed by atoms with Crippen molar-refractivity contribution < 1.29 is 18.0 Å². The second-order valence-corrected chi connectivity index (χ2v) is 6.02. The van der Waals surface area contributed by atoms with Crippen LogP contribution in [0.25, 0.3) is 16.9 Å². The average molecular weight is 347 g/mol. The first kappa shape index (κ1) is 17.0. The average Bonchev–Trinajstić information content (AvgIpc) is 2.96. The van der Waals surface area contributed by atoms with Gasteiger partial charge in [-0.15, -0.1) is 0 Å². The van der Waals surface area contributed by atoms with Crippen molar-refractivity contribution >= 4 is 11.6 Å². The van der Waals surface area contributed by atoms with Crippen LogP contribution in [0, 0.1) is 0 Å². The van der Waals surface area contributed by atoms with Crippen LogP contribution < -0.4 is 5.32 Å². The molecule has 0 radical (unpaired) electrons. The van der Waals surface area contributed by atoms with E-state index >= 15 is 0 Å². The number of pyridine rings is 1. The molecule has 1 amide bonds. The largest absolute Gasteiger partial charge is 0.416 e. The van der Waals surface area contributed by atoms with E-state index in [0.29, 0.717) is 22.5 Å². The summed E-state index contributed by atoms with van der Waals surface area (Å²) in [6, 6.07) is 8.31. The molecule has 3 rings (SSSR count). The van der Waals surface area contributed by atoms with Crippen LogP contribution in [0.1, 0.15) is 29.8 Å². The molecule has 2 heterocycles. The summed E-state index contributed by atoms with van der Waals surface area (Å²) < 4.78 is 40.2. The lowest BCUT2D eigenvalue weighted by Crippen LogP contribution is -2.30. The third kappa shape index (κ3) is 3.65. The molecule has 0 fully saturated rings. The number of fused-ring (bicyclic) bond motifs is 1. The fourth-order valence-electron chi connectivity index (χ4n) is 2.47. The Hall–Kier alpha value is -2.83. The minimum absolute atomic E-state index is 0.00616. The lowest BCUT2D eigenvalue weighted by molar-refractivity contribution is -0.137. The molecule has 2 aromatic heterocycles. The van der Waals surface area contributed by atoms with Crippen molar-refractivity contribution in [2.24, 2.45) is 0 Å². The lowest BCUT2D eigenvalue weighted by atomic mass is 10.1. The van der Waals surface area contributed by atoms with Crippen molar-refractivity contribution in [3.05, 3.63) is 59.9 Å². The summed E-state index contributed by atoms with van der Waals surface area (Å²) in [5, 5.41) is 2.79. The second-order valence-electron chi connectivity index (χ2n) is 6.02. The molecule has 130 valence electrons. The maximum absolute atomic E-state index is 12.9. The van der Waals surface area contributed by atoms with Gasteiger partial charge in [0.2, 0.25) is 0 Å². The first-order valence-electron chi connectivity index (χ1n) is 7.71. The van der Waals surface area contributed by atoms with Gasteiger partial charge in [0.1, 0.15) is 5.65 Å². The summed E-state index contributed by atoms with van der Waals surface area (Å²) >= 11 is 0. The smallest absolute Gasteiger partial charge is 0.350 e. The number of amides is 1. The Morgan fingerprint density at radius 1 is 1.16 bits per heavy atom. The van der Waals surface area contributed by atoms with Crippen LogP contribution in [-0.4, -0.2) is 21.3 Å². The summed E-state index contributed by atoms with van der Waals surface area (Å²) in [6.07, 6.45) is -1.19. The van der Waals surface area contributed by atoms with Crippen molar-refractivity contribution in [1.82, 2.24) is 14.7 Å². The normalized spacial score (nSPS) is 11.9. The number of aromatic nitrogens is 2. The van der Waals surface area contributed by atoms with Gasteiger partial charge in [0, 0.05) is 24.0 Å². The number of carbonyl (C=O) groups excluding carboxylic acids is 1. The topological polar surface area (TPSA) is 46.4 Å². The van der Waals surface area contributed by atoms with E-state index in [-0.39, 0.29) is 11.9 Å². The number of hydrogen-bond acceptors (Lipinski definition) is 2. The molecular formula is C18H16F3N3O. The number of benzene rings is 1. The van der Waals surface area contributed by atoms with E-state index in [1.165, 1.54) is 6.07 Å². The minimum Gasteiger partial charge on any atom is -0.350 e. The first-order valence-corrected chi connectivity index (χ1v) is 7.71. The van der Waals surface area contributed by atoms with Crippen molar-refractivity contribution in [1.29, 1.82) is 0 Å². The molecule has 0 aliphatic heterocycles. The van der Waals surface area contributed by atoms with Crippen LogP contribution in [0.3, 0.4) is 0 Å². The molecule has 1 N–H and O–H groups in total. The highest BCUT2D eigenvalue weighted by atomic mass is 19.4. The van der Waals surface area contributed by atoms with Crippen molar-refractivity contribution in [3.8, 4) is 11.3 Å². The molecule has 7 heteroatoms. The van der Waals surface area contributed by atoms with Crippen LogP contribution in [0.15, 0.2) is 48.8 Å². The van der Waals surface area contributed by atoms with Gasteiger partial charge < -0.3 is 9.72 Å². The van der Waals surface area contributed by atoms with Crippen molar-refractivity contribution in [2.75, 3.05) is 0 Å². The minimum atomic E-state index is -4.41. The maximum Gasteiger partial charge on any atom is 0.416 e. The third-order valence-corrected chi connectivity index (χ3v) is 3.62. The molecule has 0 atom stereocenters. The van der Waals surface area contributed by atoms with E-state index in [1.54, 1.807) is 35.0 Å². The van der Waals surface area contributed by atoms with Crippen LogP contribution in [0.5, 0.6) is 0 Å². The van der Waals surface area contributed by atoms with Gasteiger partial charge in [0.15, 0.2) is 0 Å².